The Morgan fingerprint density at radius 3 is 2.57 bits per heavy atom. The molecule has 1 aromatic heterocycles. The summed E-state index contributed by atoms with van der Waals surface area (Å²) in [6.45, 7) is 8.03. The highest BCUT2D eigenvalue weighted by Crippen LogP contribution is 2.34. The predicted molar refractivity (Wildman–Crippen MR) is 141 cm³/mol. The van der Waals surface area contributed by atoms with Gasteiger partial charge in [-0.3, -0.25) is 4.79 Å². The molecule has 3 aliphatic rings. The third-order valence-electron chi connectivity index (χ3n) is 8.04. The second kappa shape index (κ2) is 11.7. The molecule has 0 saturated carbocycles. The lowest BCUT2D eigenvalue weighted by Crippen LogP contribution is -2.40. The van der Waals surface area contributed by atoms with Crippen molar-refractivity contribution in [3.63, 3.8) is 0 Å². The molecule has 2 fully saturated rings. The van der Waals surface area contributed by atoms with Crippen LogP contribution < -0.4 is 9.64 Å². The van der Waals surface area contributed by atoms with Crippen LogP contribution in [0.5, 0.6) is 5.75 Å². The second-order valence-corrected chi connectivity index (χ2v) is 11.1. The van der Waals surface area contributed by atoms with Crippen LogP contribution >= 0.6 is 0 Å². The molecular weight excluding hydrogens is 471 g/mol. The van der Waals surface area contributed by atoms with Gasteiger partial charge in [0.15, 0.2) is 17.4 Å². The molecule has 37 heavy (non-hydrogen) atoms. The first-order valence-corrected chi connectivity index (χ1v) is 14.0. The molecule has 8 heteroatoms. The van der Waals surface area contributed by atoms with Crippen molar-refractivity contribution in [3.05, 3.63) is 41.5 Å². The van der Waals surface area contributed by atoms with Gasteiger partial charge >= 0.3 is 6.01 Å². The Balaban J connectivity index is 1.10. The van der Waals surface area contributed by atoms with Crippen LogP contribution in [0, 0.1) is 17.7 Å². The van der Waals surface area contributed by atoms with Crippen molar-refractivity contribution in [2.75, 3.05) is 37.7 Å². The number of piperidine rings is 2. The lowest BCUT2D eigenvalue weighted by molar-refractivity contribution is -0.136. The van der Waals surface area contributed by atoms with Crippen LogP contribution in [0.25, 0.3) is 5.57 Å². The molecule has 1 aliphatic carbocycles. The number of ether oxygens (including phenoxy) is 1. The minimum Gasteiger partial charge on any atom is -0.490 e. The number of hydrogen-bond donors (Lipinski definition) is 0. The fourth-order valence-electron chi connectivity index (χ4n) is 5.60. The Bertz CT molecular complexity index is 1100. The van der Waals surface area contributed by atoms with Crippen molar-refractivity contribution in [2.24, 2.45) is 11.8 Å². The number of nitrogens with zero attached hydrogens (tertiary/aromatic N) is 4. The van der Waals surface area contributed by atoms with Gasteiger partial charge < -0.3 is 19.1 Å². The van der Waals surface area contributed by atoms with Crippen LogP contribution in [-0.4, -0.2) is 53.7 Å². The molecule has 3 heterocycles. The summed E-state index contributed by atoms with van der Waals surface area (Å²) in [5.74, 6) is 1.68. The maximum absolute atomic E-state index is 14.9. The van der Waals surface area contributed by atoms with E-state index in [1.165, 1.54) is 6.42 Å². The van der Waals surface area contributed by atoms with Gasteiger partial charge in [-0.25, -0.2) is 4.39 Å². The molecule has 7 nitrogen and oxygen atoms in total. The lowest BCUT2D eigenvalue weighted by Gasteiger charge is -2.31. The van der Waals surface area contributed by atoms with Gasteiger partial charge in [0, 0.05) is 38.0 Å². The summed E-state index contributed by atoms with van der Waals surface area (Å²) in [6.07, 6.45) is 9.84. The van der Waals surface area contributed by atoms with E-state index < -0.39 is 0 Å². The van der Waals surface area contributed by atoms with Gasteiger partial charge in [0.1, 0.15) is 0 Å². The third kappa shape index (κ3) is 6.16. The molecule has 1 amide bonds. The maximum atomic E-state index is 14.9. The Labute approximate surface area is 219 Å². The third-order valence-corrected chi connectivity index (χ3v) is 8.04. The molecule has 1 unspecified atom stereocenters. The number of halogens is 1. The highest BCUT2D eigenvalue weighted by Gasteiger charge is 2.28. The van der Waals surface area contributed by atoms with Crippen LogP contribution in [0.3, 0.4) is 0 Å². The number of rotatable bonds is 7. The van der Waals surface area contributed by atoms with Crippen molar-refractivity contribution in [1.82, 2.24) is 15.0 Å². The number of anilines is 1. The van der Waals surface area contributed by atoms with Gasteiger partial charge in [0.2, 0.25) is 5.91 Å². The summed E-state index contributed by atoms with van der Waals surface area (Å²) in [7, 11) is 0. The van der Waals surface area contributed by atoms with Crippen molar-refractivity contribution in [3.8, 4) is 5.75 Å². The average molecular weight is 511 g/mol. The van der Waals surface area contributed by atoms with E-state index in [2.05, 4.69) is 21.1 Å². The van der Waals surface area contributed by atoms with Crippen LogP contribution in [0.1, 0.15) is 82.5 Å². The summed E-state index contributed by atoms with van der Waals surface area (Å²) in [4.78, 5) is 21.5. The lowest BCUT2D eigenvalue weighted by atomic mass is 9.85. The molecule has 2 aliphatic heterocycles. The van der Waals surface area contributed by atoms with Crippen molar-refractivity contribution in [1.29, 1.82) is 0 Å². The topological polar surface area (TPSA) is 71.7 Å². The molecule has 1 atom stereocenters. The first-order chi connectivity index (χ1) is 18.0. The molecule has 0 radical (unpaired) electrons. The average Bonchev–Trinajstić information content (AvgIpc) is 3.44. The summed E-state index contributed by atoms with van der Waals surface area (Å²) in [5.41, 5.74) is 2.02. The predicted octanol–water partition coefficient (Wildman–Crippen LogP) is 5.82. The molecule has 5 rings (SSSR count). The molecule has 2 saturated heterocycles. The zero-order valence-corrected chi connectivity index (χ0v) is 22.1. The summed E-state index contributed by atoms with van der Waals surface area (Å²) >= 11 is 0. The van der Waals surface area contributed by atoms with Gasteiger partial charge in [0.05, 0.1) is 6.61 Å². The second-order valence-electron chi connectivity index (χ2n) is 11.1. The number of allylic oxidation sites excluding steroid dienone is 2. The van der Waals surface area contributed by atoms with Gasteiger partial charge in [-0.15, -0.1) is 0 Å². The van der Waals surface area contributed by atoms with Crippen LogP contribution in [0.15, 0.2) is 28.8 Å². The first kappa shape index (κ1) is 25.7. The Morgan fingerprint density at radius 1 is 1.14 bits per heavy atom. The monoisotopic (exact) mass is 510 g/mol. The summed E-state index contributed by atoms with van der Waals surface area (Å²) in [6, 6.07) is 5.86. The fraction of sp³-hybridized carbons (Fsp3) is 0.621. The van der Waals surface area contributed by atoms with Crippen molar-refractivity contribution in [2.45, 2.75) is 71.1 Å². The molecule has 0 spiro atoms. The molecule has 2 aromatic rings. The normalized spacial score (nSPS) is 21.3. The standard InChI is InChI=1S/C29H39FN4O3/c1-20(2)27-31-29(37-32-27)34-16-12-21(13-17-34)19-36-26-11-10-24(18-25(26)30)22-6-8-23(9-7-22)28(35)33-14-4-3-5-15-33/h6,10-11,18,20-21,23H,3-5,7-9,12-17,19H2,1-2H3. The minimum absolute atomic E-state index is 0.0674. The van der Waals surface area contributed by atoms with Crippen LogP contribution in [0.2, 0.25) is 0 Å². The number of benzene rings is 1. The molecular formula is C29H39FN4O3. The van der Waals surface area contributed by atoms with Gasteiger partial charge in [-0.05, 0) is 80.6 Å². The van der Waals surface area contributed by atoms with E-state index >= 15 is 0 Å². The molecule has 1 aromatic carbocycles. The van der Waals surface area contributed by atoms with E-state index in [1.54, 1.807) is 12.1 Å². The zero-order valence-electron chi connectivity index (χ0n) is 22.1. The van der Waals surface area contributed by atoms with Crippen LogP contribution in [0.4, 0.5) is 10.4 Å². The molecule has 0 bridgehead atoms. The van der Waals surface area contributed by atoms with Crippen molar-refractivity contribution >= 4 is 17.5 Å². The first-order valence-electron chi connectivity index (χ1n) is 14.0. The quantitative estimate of drug-likeness (QED) is 0.467. The summed E-state index contributed by atoms with van der Waals surface area (Å²) in [5, 5.41) is 4.05. The highest BCUT2D eigenvalue weighted by atomic mass is 19.1. The SMILES string of the molecule is CC(C)c1noc(N2CCC(COc3ccc(C4=CCC(C(=O)N5CCCCC5)CC4)cc3F)CC2)n1. The zero-order chi connectivity index (χ0) is 25.8. The van der Waals surface area contributed by atoms with Gasteiger partial charge in [0.25, 0.3) is 0 Å². The smallest absolute Gasteiger partial charge is 0.324 e. The largest absolute Gasteiger partial charge is 0.490 e. The Morgan fingerprint density at radius 2 is 1.92 bits per heavy atom. The van der Waals surface area contributed by atoms with E-state index in [1.807, 2.05) is 24.8 Å². The van der Waals surface area contributed by atoms with Gasteiger partial charge in [-0.1, -0.05) is 31.1 Å². The number of hydrogen-bond acceptors (Lipinski definition) is 6. The van der Waals surface area contributed by atoms with E-state index in [4.69, 9.17) is 9.26 Å². The number of carbonyl (C=O) groups excluding carboxylic acids is 1. The Hall–Kier alpha value is -2.90. The maximum Gasteiger partial charge on any atom is 0.324 e. The van der Waals surface area contributed by atoms with E-state index in [0.29, 0.717) is 30.2 Å². The highest BCUT2D eigenvalue weighted by molar-refractivity contribution is 5.81. The molecule has 0 N–H and O–H groups in total. The van der Waals surface area contributed by atoms with E-state index in [0.717, 1.165) is 88.1 Å². The number of aromatic nitrogens is 2. The van der Waals surface area contributed by atoms with Crippen molar-refractivity contribution < 1.29 is 18.4 Å². The number of carbonyl (C=O) groups is 1. The number of likely N-dealkylation sites (tertiary alicyclic amines) is 1. The number of amides is 1. The fourth-order valence-corrected chi connectivity index (χ4v) is 5.60. The Kier molecular flexibility index (Phi) is 8.11. The van der Waals surface area contributed by atoms with E-state index in [-0.39, 0.29) is 17.7 Å². The minimum atomic E-state index is -0.325. The van der Waals surface area contributed by atoms with E-state index in [9.17, 15) is 9.18 Å². The van der Waals surface area contributed by atoms with Crippen LogP contribution in [-0.2, 0) is 4.79 Å². The summed E-state index contributed by atoms with van der Waals surface area (Å²) < 4.78 is 26.2. The van der Waals surface area contributed by atoms with Gasteiger partial charge in [-0.2, -0.15) is 4.98 Å². The molecule has 200 valence electrons.